The maximum Gasteiger partial charge on any atom is 0.416 e. The van der Waals surface area contributed by atoms with Gasteiger partial charge in [0.25, 0.3) is 0 Å². The number of halogens is 5. The first-order chi connectivity index (χ1) is 16.6. The minimum absolute atomic E-state index is 0.000397. The standard InChI is InChI=1S/C23H27F5N6O/c24-18-11-33(12-19(29)35)8-7-15(18)9-30-21-20(25)22(32-13-31-21)34(17-5-6-17)10-14-1-3-16(4-2-14)23(26,27)28/h1-4,13,15,17-18H,5-12H2,(H2,29,35)(H,30,31,32)/t15?,18-/m0/s1. The van der Waals surface area contributed by atoms with Gasteiger partial charge in [0.15, 0.2) is 11.6 Å². The maximum atomic E-state index is 15.4. The second-order valence-electron chi connectivity index (χ2n) is 9.06. The van der Waals surface area contributed by atoms with Crippen LogP contribution in [0.2, 0.25) is 0 Å². The van der Waals surface area contributed by atoms with Crippen molar-refractivity contribution in [2.45, 2.75) is 44.2 Å². The molecule has 1 saturated carbocycles. The molecule has 3 N–H and O–H groups in total. The fourth-order valence-electron chi connectivity index (χ4n) is 4.28. The summed E-state index contributed by atoms with van der Waals surface area (Å²) >= 11 is 0. The van der Waals surface area contributed by atoms with Gasteiger partial charge in [0.05, 0.1) is 12.1 Å². The molecule has 12 heteroatoms. The molecule has 1 aliphatic carbocycles. The number of piperidine rings is 1. The number of hydrogen-bond donors (Lipinski definition) is 2. The van der Waals surface area contributed by atoms with Gasteiger partial charge in [-0.1, -0.05) is 12.1 Å². The van der Waals surface area contributed by atoms with Gasteiger partial charge >= 0.3 is 6.18 Å². The Labute approximate surface area is 199 Å². The first-order valence-corrected chi connectivity index (χ1v) is 11.4. The van der Waals surface area contributed by atoms with E-state index in [9.17, 15) is 22.4 Å². The van der Waals surface area contributed by atoms with Crippen molar-refractivity contribution in [3.63, 3.8) is 0 Å². The molecule has 1 unspecified atom stereocenters. The third kappa shape index (κ3) is 6.36. The average molecular weight is 499 g/mol. The van der Waals surface area contributed by atoms with Gasteiger partial charge in [0, 0.05) is 31.6 Å². The summed E-state index contributed by atoms with van der Waals surface area (Å²) in [6.07, 6.45) is -2.30. The number of hydrogen-bond acceptors (Lipinski definition) is 6. The third-order valence-corrected chi connectivity index (χ3v) is 6.34. The number of primary amides is 1. The number of rotatable bonds is 9. The van der Waals surface area contributed by atoms with Crippen LogP contribution >= 0.6 is 0 Å². The summed E-state index contributed by atoms with van der Waals surface area (Å²) in [5.41, 5.74) is 5.02. The molecule has 7 nitrogen and oxygen atoms in total. The Hall–Kier alpha value is -3.02. The molecular formula is C23H27F5N6O. The zero-order valence-corrected chi connectivity index (χ0v) is 18.9. The van der Waals surface area contributed by atoms with Crippen molar-refractivity contribution in [2.75, 3.05) is 36.4 Å². The number of carbonyl (C=O) groups is 1. The average Bonchev–Trinajstić information content (AvgIpc) is 3.63. The van der Waals surface area contributed by atoms with E-state index in [1.807, 2.05) is 0 Å². The number of nitrogens with one attached hydrogen (secondary N) is 1. The van der Waals surface area contributed by atoms with E-state index in [2.05, 4.69) is 15.3 Å². The topological polar surface area (TPSA) is 87.4 Å². The van der Waals surface area contributed by atoms with Crippen molar-refractivity contribution < 1.29 is 26.7 Å². The summed E-state index contributed by atoms with van der Waals surface area (Å²) in [4.78, 5) is 22.5. The Morgan fingerprint density at radius 3 is 2.49 bits per heavy atom. The first-order valence-electron chi connectivity index (χ1n) is 11.4. The maximum absolute atomic E-state index is 15.4. The molecular weight excluding hydrogens is 471 g/mol. The van der Waals surface area contributed by atoms with E-state index in [0.717, 1.165) is 25.0 Å². The van der Waals surface area contributed by atoms with Gasteiger partial charge < -0.3 is 16.0 Å². The van der Waals surface area contributed by atoms with E-state index in [1.165, 1.54) is 18.5 Å². The van der Waals surface area contributed by atoms with Crippen molar-refractivity contribution in [3.05, 3.63) is 47.5 Å². The minimum atomic E-state index is -4.43. The van der Waals surface area contributed by atoms with Gasteiger partial charge in [0.1, 0.15) is 12.5 Å². The predicted molar refractivity (Wildman–Crippen MR) is 120 cm³/mol. The van der Waals surface area contributed by atoms with E-state index in [0.29, 0.717) is 18.5 Å². The largest absolute Gasteiger partial charge is 0.416 e. The van der Waals surface area contributed by atoms with Gasteiger partial charge in [-0.05, 0) is 43.5 Å². The number of anilines is 2. The molecule has 1 saturated heterocycles. The van der Waals surface area contributed by atoms with Crippen molar-refractivity contribution in [2.24, 2.45) is 11.7 Å². The minimum Gasteiger partial charge on any atom is -0.369 e. The summed E-state index contributed by atoms with van der Waals surface area (Å²) in [6, 6.07) is 4.79. The number of nitrogens with zero attached hydrogens (tertiary/aromatic N) is 4. The predicted octanol–water partition coefficient (Wildman–Crippen LogP) is 3.36. The molecule has 0 radical (unpaired) electrons. The molecule has 2 atom stereocenters. The van der Waals surface area contributed by atoms with E-state index < -0.39 is 29.6 Å². The summed E-state index contributed by atoms with van der Waals surface area (Å²) < 4.78 is 68.5. The molecule has 4 rings (SSSR count). The quantitative estimate of drug-likeness (QED) is 0.516. The van der Waals surface area contributed by atoms with Gasteiger partial charge in [-0.2, -0.15) is 17.6 Å². The zero-order chi connectivity index (χ0) is 25.2. The van der Waals surface area contributed by atoms with Crippen molar-refractivity contribution >= 4 is 17.5 Å². The summed E-state index contributed by atoms with van der Waals surface area (Å²) in [7, 11) is 0. The highest BCUT2D eigenvalue weighted by atomic mass is 19.4. The van der Waals surface area contributed by atoms with Crippen LogP contribution in [-0.4, -0.2) is 59.2 Å². The SMILES string of the molecule is NC(=O)CN1CCC(CNc2ncnc(N(Cc3ccc(C(F)(F)F)cc3)C3CC3)c2F)[C@@H](F)C1. The molecule has 2 aliphatic rings. The fraction of sp³-hybridized carbons (Fsp3) is 0.522. The molecule has 35 heavy (non-hydrogen) atoms. The molecule has 190 valence electrons. The van der Waals surface area contributed by atoms with Crippen LogP contribution < -0.4 is 16.0 Å². The first kappa shape index (κ1) is 25.1. The van der Waals surface area contributed by atoms with Gasteiger partial charge in [-0.25, -0.2) is 14.4 Å². The lowest BCUT2D eigenvalue weighted by Crippen LogP contribution is -2.46. The Balaban J connectivity index is 1.42. The number of nitrogens with two attached hydrogens (primary N) is 1. The van der Waals surface area contributed by atoms with Crippen LogP contribution in [0.3, 0.4) is 0 Å². The molecule has 1 aromatic heterocycles. The number of likely N-dealkylation sites (tertiary alicyclic amines) is 1. The highest BCUT2D eigenvalue weighted by molar-refractivity contribution is 5.75. The molecule has 0 spiro atoms. The number of amides is 1. The second kappa shape index (κ2) is 10.3. The van der Waals surface area contributed by atoms with Crippen LogP contribution in [-0.2, 0) is 17.5 Å². The Bertz CT molecular complexity index is 1030. The van der Waals surface area contributed by atoms with E-state index in [1.54, 1.807) is 9.80 Å². The fourth-order valence-corrected chi connectivity index (χ4v) is 4.28. The lowest BCUT2D eigenvalue weighted by Gasteiger charge is -2.34. The van der Waals surface area contributed by atoms with Gasteiger partial charge in [0.2, 0.25) is 11.7 Å². The third-order valence-electron chi connectivity index (χ3n) is 6.34. The summed E-state index contributed by atoms with van der Waals surface area (Å²) in [5, 5.41) is 2.88. The van der Waals surface area contributed by atoms with Crippen LogP contribution in [0, 0.1) is 11.7 Å². The highest BCUT2D eigenvalue weighted by Crippen LogP contribution is 2.35. The Kier molecular flexibility index (Phi) is 7.39. The number of alkyl halides is 4. The van der Waals surface area contributed by atoms with Gasteiger partial charge in [-0.15, -0.1) is 0 Å². The summed E-state index contributed by atoms with van der Waals surface area (Å²) in [6.45, 7) is 0.938. The van der Waals surface area contributed by atoms with E-state index >= 15 is 4.39 Å². The number of benzene rings is 1. The van der Waals surface area contributed by atoms with Crippen LogP contribution in [0.4, 0.5) is 33.6 Å². The molecule has 2 fully saturated rings. The van der Waals surface area contributed by atoms with E-state index in [4.69, 9.17) is 5.73 Å². The second-order valence-corrected chi connectivity index (χ2v) is 9.06. The van der Waals surface area contributed by atoms with Crippen molar-refractivity contribution in [1.29, 1.82) is 0 Å². The number of aromatic nitrogens is 2. The van der Waals surface area contributed by atoms with Crippen LogP contribution in [0.15, 0.2) is 30.6 Å². The smallest absolute Gasteiger partial charge is 0.369 e. The van der Waals surface area contributed by atoms with Crippen LogP contribution in [0.1, 0.15) is 30.4 Å². The van der Waals surface area contributed by atoms with Crippen molar-refractivity contribution in [3.8, 4) is 0 Å². The number of carbonyl (C=O) groups excluding carboxylic acids is 1. The van der Waals surface area contributed by atoms with Crippen molar-refractivity contribution in [1.82, 2.24) is 14.9 Å². The van der Waals surface area contributed by atoms with E-state index in [-0.39, 0.29) is 49.8 Å². The Morgan fingerprint density at radius 1 is 1.17 bits per heavy atom. The van der Waals surface area contributed by atoms with Crippen LogP contribution in [0.5, 0.6) is 0 Å². The Morgan fingerprint density at radius 2 is 1.89 bits per heavy atom. The molecule has 1 aromatic carbocycles. The van der Waals surface area contributed by atoms with Crippen LogP contribution in [0.25, 0.3) is 0 Å². The molecule has 2 aromatic rings. The molecule has 1 aliphatic heterocycles. The molecule has 0 bridgehead atoms. The lowest BCUT2D eigenvalue weighted by molar-refractivity contribution is -0.137. The monoisotopic (exact) mass is 498 g/mol. The highest BCUT2D eigenvalue weighted by Gasteiger charge is 2.34. The molecule has 2 heterocycles. The summed E-state index contributed by atoms with van der Waals surface area (Å²) in [5.74, 6) is -1.59. The van der Waals surface area contributed by atoms with Gasteiger partial charge in [-0.3, -0.25) is 9.69 Å². The normalized spacial score (nSPS) is 21.1. The lowest BCUT2D eigenvalue weighted by atomic mass is 9.95. The molecule has 1 amide bonds. The zero-order valence-electron chi connectivity index (χ0n) is 18.9.